The molecule has 2 atom stereocenters. The van der Waals surface area contributed by atoms with E-state index in [1.807, 2.05) is 6.92 Å². The highest BCUT2D eigenvalue weighted by Crippen LogP contribution is 2.38. The molecule has 1 aromatic rings. The lowest BCUT2D eigenvalue weighted by atomic mass is 10.2. The van der Waals surface area contributed by atoms with E-state index in [0.29, 0.717) is 36.3 Å². The van der Waals surface area contributed by atoms with Crippen molar-refractivity contribution in [3.8, 4) is 11.5 Å². The second kappa shape index (κ2) is 5.63. The van der Waals surface area contributed by atoms with Crippen molar-refractivity contribution in [2.45, 2.75) is 13.3 Å². The Bertz CT molecular complexity index is 571. The Morgan fingerprint density at radius 1 is 1.29 bits per heavy atom. The number of ether oxygens (including phenoxy) is 3. The largest absolute Gasteiger partial charge is 0.486 e. The summed E-state index contributed by atoms with van der Waals surface area (Å²) in [5.74, 6) is 0.940. The van der Waals surface area contributed by atoms with Gasteiger partial charge >= 0.3 is 5.97 Å². The van der Waals surface area contributed by atoms with Crippen molar-refractivity contribution in [2.24, 2.45) is 11.8 Å². The fraction of sp³-hybridized carbons (Fsp3) is 0.467. The van der Waals surface area contributed by atoms with Gasteiger partial charge in [0.2, 0.25) is 0 Å². The van der Waals surface area contributed by atoms with Gasteiger partial charge in [0.1, 0.15) is 13.2 Å². The molecular formula is C15H17NO5. The van der Waals surface area contributed by atoms with E-state index < -0.39 is 0 Å². The van der Waals surface area contributed by atoms with E-state index >= 15 is 0 Å². The summed E-state index contributed by atoms with van der Waals surface area (Å²) in [5.41, 5.74) is 0.583. The first-order chi connectivity index (χ1) is 10.1. The van der Waals surface area contributed by atoms with Gasteiger partial charge in [-0.15, -0.1) is 0 Å². The highest BCUT2D eigenvalue weighted by Gasteiger charge is 2.40. The molecule has 1 N–H and O–H groups in total. The molecule has 2 aliphatic rings. The summed E-state index contributed by atoms with van der Waals surface area (Å²) in [6.45, 7) is 2.73. The van der Waals surface area contributed by atoms with Crippen LogP contribution in [0.25, 0.3) is 0 Å². The van der Waals surface area contributed by atoms with Gasteiger partial charge in [-0.2, -0.15) is 0 Å². The molecule has 1 amide bonds. The highest BCUT2D eigenvalue weighted by molar-refractivity contribution is 5.93. The summed E-state index contributed by atoms with van der Waals surface area (Å²) >= 11 is 0. The number of fused-ring (bicyclic) bond motifs is 1. The second-order valence-corrected chi connectivity index (χ2v) is 5.33. The van der Waals surface area contributed by atoms with Gasteiger partial charge in [-0.05, 0) is 24.5 Å². The average Bonchev–Trinajstić information content (AvgIpc) is 3.22. The molecule has 0 spiro atoms. The minimum Gasteiger partial charge on any atom is -0.486 e. The summed E-state index contributed by atoms with van der Waals surface area (Å²) in [6.07, 6.45) is 0.850. The first-order valence-corrected chi connectivity index (χ1v) is 6.99. The van der Waals surface area contributed by atoms with Crippen LogP contribution in [0.1, 0.15) is 13.3 Å². The SMILES string of the molecule is C[C@@H]1C[C@H]1C(=O)OCC(=O)Nc1ccc2c(c1)OCCO2. The van der Waals surface area contributed by atoms with Crippen LogP contribution in [0, 0.1) is 11.8 Å². The molecule has 0 saturated heterocycles. The first-order valence-electron chi connectivity index (χ1n) is 6.99. The molecule has 112 valence electrons. The molecule has 1 fully saturated rings. The number of carbonyl (C=O) groups is 2. The van der Waals surface area contributed by atoms with Crippen LogP contribution >= 0.6 is 0 Å². The van der Waals surface area contributed by atoms with Gasteiger partial charge in [0, 0.05) is 11.8 Å². The third-order valence-electron chi connectivity index (χ3n) is 3.58. The average molecular weight is 291 g/mol. The highest BCUT2D eigenvalue weighted by atomic mass is 16.6. The topological polar surface area (TPSA) is 73.9 Å². The smallest absolute Gasteiger partial charge is 0.309 e. The number of amides is 1. The van der Waals surface area contributed by atoms with E-state index in [0.717, 1.165) is 6.42 Å². The third kappa shape index (κ3) is 3.26. The van der Waals surface area contributed by atoms with Gasteiger partial charge < -0.3 is 19.5 Å². The summed E-state index contributed by atoms with van der Waals surface area (Å²) in [6, 6.07) is 5.15. The van der Waals surface area contributed by atoms with Crippen LogP contribution in [0.15, 0.2) is 18.2 Å². The lowest BCUT2D eigenvalue weighted by molar-refractivity contribution is -0.148. The minimum atomic E-state index is -0.367. The summed E-state index contributed by atoms with van der Waals surface area (Å²) in [4.78, 5) is 23.3. The maximum Gasteiger partial charge on any atom is 0.309 e. The lowest BCUT2D eigenvalue weighted by Crippen LogP contribution is -2.22. The van der Waals surface area contributed by atoms with Crippen molar-refractivity contribution in [3.63, 3.8) is 0 Å². The van der Waals surface area contributed by atoms with E-state index in [2.05, 4.69) is 5.32 Å². The van der Waals surface area contributed by atoms with Crippen LogP contribution in [-0.2, 0) is 14.3 Å². The van der Waals surface area contributed by atoms with Crippen molar-refractivity contribution < 1.29 is 23.8 Å². The van der Waals surface area contributed by atoms with E-state index in [1.165, 1.54) is 0 Å². The maximum atomic E-state index is 11.7. The quantitative estimate of drug-likeness (QED) is 0.853. The summed E-state index contributed by atoms with van der Waals surface area (Å²) in [5, 5.41) is 2.67. The molecule has 1 heterocycles. The summed E-state index contributed by atoms with van der Waals surface area (Å²) in [7, 11) is 0. The molecule has 1 aliphatic carbocycles. The Morgan fingerprint density at radius 3 is 2.71 bits per heavy atom. The van der Waals surface area contributed by atoms with Gasteiger partial charge in [-0.25, -0.2) is 0 Å². The summed E-state index contributed by atoms with van der Waals surface area (Å²) < 4.78 is 15.8. The molecule has 1 aliphatic heterocycles. The Morgan fingerprint density at radius 2 is 2.00 bits per heavy atom. The second-order valence-electron chi connectivity index (χ2n) is 5.33. The number of esters is 1. The molecule has 0 aromatic heterocycles. The van der Waals surface area contributed by atoms with Crippen molar-refractivity contribution >= 4 is 17.6 Å². The van der Waals surface area contributed by atoms with Crippen molar-refractivity contribution in [3.05, 3.63) is 18.2 Å². The van der Waals surface area contributed by atoms with E-state index in [-0.39, 0.29) is 24.4 Å². The van der Waals surface area contributed by atoms with Gasteiger partial charge in [0.25, 0.3) is 5.91 Å². The molecule has 3 rings (SSSR count). The van der Waals surface area contributed by atoms with Crippen LogP contribution in [0.5, 0.6) is 11.5 Å². The molecule has 1 saturated carbocycles. The molecule has 0 bridgehead atoms. The number of rotatable bonds is 4. The Labute approximate surface area is 122 Å². The lowest BCUT2D eigenvalue weighted by Gasteiger charge is -2.19. The third-order valence-corrected chi connectivity index (χ3v) is 3.58. The van der Waals surface area contributed by atoms with Crippen LogP contribution < -0.4 is 14.8 Å². The Hall–Kier alpha value is -2.24. The van der Waals surface area contributed by atoms with Crippen LogP contribution in [-0.4, -0.2) is 31.7 Å². The van der Waals surface area contributed by atoms with Crippen LogP contribution in [0.2, 0.25) is 0 Å². The zero-order valence-electron chi connectivity index (χ0n) is 11.8. The molecule has 0 radical (unpaired) electrons. The zero-order chi connectivity index (χ0) is 14.8. The molecular weight excluding hydrogens is 274 g/mol. The Kier molecular flexibility index (Phi) is 3.68. The predicted octanol–water partition coefficient (Wildman–Crippen LogP) is 1.60. The number of anilines is 1. The number of hydrogen-bond donors (Lipinski definition) is 1. The fourth-order valence-corrected chi connectivity index (χ4v) is 2.21. The molecule has 1 aromatic carbocycles. The standard InChI is InChI=1S/C15H17NO5/c1-9-6-11(9)15(18)21-8-14(17)16-10-2-3-12-13(7-10)20-5-4-19-12/h2-3,7,9,11H,4-6,8H2,1H3,(H,16,17)/t9-,11-/m1/s1. The van der Waals surface area contributed by atoms with Crippen molar-refractivity contribution in [1.82, 2.24) is 0 Å². The van der Waals surface area contributed by atoms with Gasteiger partial charge in [0.15, 0.2) is 18.1 Å². The maximum absolute atomic E-state index is 11.7. The number of nitrogens with one attached hydrogen (secondary N) is 1. The number of carbonyl (C=O) groups excluding carboxylic acids is 2. The van der Waals surface area contributed by atoms with E-state index in [1.54, 1.807) is 18.2 Å². The fourth-order valence-electron chi connectivity index (χ4n) is 2.21. The van der Waals surface area contributed by atoms with Gasteiger partial charge in [-0.3, -0.25) is 9.59 Å². The molecule has 6 heteroatoms. The molecule has 21 heavy (non-hydrogen) atoms. The van der Waals surface area contributed by atoms with Crippen molar-refractivity contribution in [2.75, 3.05) is 25.1 Å². The molecule has 0 unspecified atom stereocenters. The Balaban J connectivity index is 1.51. The van der Waals surface area contributed by atoms with Gasteiger partial charge in [0.05, 0.1) is 5.92 Å². The number of hydrogen-bond acceptors (Lipinski definition) is 5. The van der Waals surface area contributed by atoms with Crippen LogP contribution in [0.4, 0.5) is 5.69 Å². The van der Waals surface area contributed by atoms with Crippen molar-refractivity contribution in [1.29, 1.82) is 0 Å². The van der Waals surface area contributed by atoms with E-state index in [9.17, 15) is 9.59 Å². The monoisotopic (exact) mass is 291 g/mol. The zero-order valence-corrected chi connectivity index (χ0v) is 11.8. The first kappa shape index (κ1) is 13.7. The predicted molar refractivity (Wildman–Crippen MR) is 74.3 cm³/mol. The van der Waals surface area contributed by atoms with Crippen LogP contribution in [0.3, 0.4) is 0 Å². The molecule has 6 nitrogen and oxygen atoms in total. The number of benzene rings is 1. The van der Waals surface area contributed by atoms with Gasteiger partial charge in [-0.1, -0.05) is 6.92 Å². The normalized spacial score (nSPS) is 22.3. The van der Waals surface area contributed by atoms with E-state index in [4.69, 9.17) is 14.2 Å². The minimum absolute atomic E-state index is 0.0351.